The number of amidine groups is 1. The van der Waals surface area contributed by atoms with Gasteiger partial charge in [-0.25, -0.2) is 9.69 Å². The van der Waals surface area contributed by atoms with Crippen molar-refractivity contribution in [2.24, 2.45) is 5.92 Å². The fraction of sp³-hybridized carbons (Fsp3) is 0.385. The molecular formula is C13H15Cl2N3O. The van der Waals surface area contributed by atoms with Gasteiger partial charge in [-0.15, -0.1) is 0 Å². The van der Waals surface area contributed by atoms with E-state index < -0.39 is 0 Å². The largest absolute Gasteiger partial charge is 0.330 e. The highest BCUT2D eigenvalue weighted by Gasteiger charge is 2.34. The van der Waals surface area contributed by atoms with Crippen LogP contribution in [-0.4, -0.2) is 29.9 Å². The van der Waals surface area contributed by atoms with E-state index in [-0.39, 0.29) is 11.9 Å². The lowest BCUT2D eigenvalue weighted by atomic mass is 10.2. The summed E-state index contributed by atoms with van der Waals surface area (Å²) >= 11 is 11.9. The second kappa shape index (κ2) is 5.39. The summed E-state index contributed by atoms with van der Waals surface area (Å²) in [6, 6.07) is 4.68. The molecule has 0 radical (unpaired) electrons. The van der Waals surface area contributed by atoms with Gasteiger partial charge in [0.25, 0.3) is 0 Å². The van der Waals surface area contributed by atoms with Gasteiger partial charge in [0, 0.05) is 16.6 Å². The zero-order chi connectivity index (χ0) is 14.2. The van der Waals surface area contributed by atoms with Crippen LogP contribution >= 0.6 is 23.2 Å². The Balaban J connectivity index is 2.29. The molecule has 4 nitrogen and oxygen atoms in total. The van der Waals surface area contributed by atoms with Crippen LogP contribution in [0, 0.1) is 11.3 Å². The van der Waals surface area contributed by atoms with Gasteiger partial charge in [-0.05, 0) is 24.1 Å². The quantitative estimate of drug-likeness (QED) is 0.905. The van der Waals surface area contributed by atoms with E-state index in [1.54, 1.807) is 23.1 Å². The van der Waals surface area contributed by atoms with Crippen LogP contribution < -0.4 is 4.90 Å². The Labute approximate surface area is 122 Å². The molecule has 102 valence electrons. The highest BCUT2D eigenvalue weighted by atomic mass is 35.5. The minimum absolute atomic E-state index is 0.197. The molecule has 1 aliphatic rings. The Morgan fingerprint density at radius 1 is 1.26 bits per heavy atom. The van der Waals surface area contributed by atoms with Crippen molar-refractivity contribution in [3.8, 4) is 0 Å². The molecule has 1 fully saturated rings. The molecule has 1 heterocycles. The van der Waals surface area contributed by atoms with Gasteiger partial charge >= 0.3 is 6.03 Å². The number of benzene rings is 1. The lowest BCUT2D eigenvalue weighted by Crippen LogP contribution is -2.34. The van der Waals surface area contributed by atoms with Gasteiger partial charge in [0.15, 0.2) is 0 Å². The first kappa shape index (κ1) is 14.2. The SMILES string of the molecule is CC(C)CN1CC(=N)N(c2cc(Cl)cc(Cl)c2)C1=O. The average Bonchev–Trinajstić information content (AvgIpc) is 2.51. The molecule has 6 heteroatoms. The summed E-state index contributed by atoms with van der Waals surface area (Å²) in [6.07, 6.45) is 0. The van der Waals surface area contributed by atoms with Crippen molar-refractivity contribution in [1.29, 1.82) is 5.41 Å². The third kappa shape index (κ3) is 3.01. The second-order valence-electron chi connectivity index (χ2n) is 4.97. The predicted molar refractivity (Wildman–Crippen MR) is 78.5 cm³/mol. The summed E-state index contributed by atoms with van der Waals surface area (Å²) in [6.45, 7) is 5.03. The molecule has 1 N–H and O–H groups in total. The second-order valence-corrected chi connectivity index (χ2v) is 5.84. The van der Waals surface area contributed by atoms with E-state index in [0.29, 0.717) is 34.7 Å². The number of hydrogen-bond donors (Lipinski definition) is 1. The molecule has 0 saturated carbocycles. The van der Waals surface area contributed by atoms with Crippen molar-refractivity contribution in [2.45, 2.75) is 13.8 Å². The molecule has 2 rings (SSSR count). The van der Waals surface area contributed by atoms with E-state index >= 15 is 0 Å². The molecular weight excluding hydrogens is 285 g/mol. The van der Waals surface area contributed by atoms with Crippen LogP contribution in [0.3, 0.4) is 0 Å². The van der Waals surface area contributed by atoms with Crippen molar-refractivity contribution in [3.05, 3.63) is 28.2 Å². The highest BCUT2D eigenvalue weighted by molar-refractivity contribution is 6.35. The maximum Gasteiger partial charge on any atom is 0.330 e. The average molecular weight is 300 g/mol. The first-order chi connectivity index (χ1) is 8.88. The van der Waals surface area contributed by atoms with E-state index in [4.69, 9.17) is 28.6 Å². The number of urea groups is 1. The fourth-order valence-electron chi connectivity index (χ4n) is 2.09. The number of carbonyl (C=O) groups excluding carboxylic acids is 1. The minimum Gasteiger partial charge on any atom is -0.316 e. The number of rotatable bonds is 3. The lowest BCUT2D eigenvalue weighted by Gasteiger charge is -2.19. The Morgan fingerprint density at radius 3 is 2.37 bits per heavy atom. The Morgan fingerprint density at radius 2 is 1.84 bits per heavy atom. The maximum atomic E-state index is 12.3. The summed E-state index contributed by atoms with van der Waals surface area (Å²) in [4.78, 5) is 15.3. The molecule has 1 aromatic rings. The maximum absolute atomic E-state index is 12.3. The van der Waals surface area contributed by atoms with E-state index in [1.807, 2.05) is 13.8 Å². The van der Waals surface area contributed by atoms with Crippen molar-refractivity contribution in [2.75, 3.05) is 18.0 Å². The fourth-order valence-corrected chi connectivity index (χ4v) is 2.61. The summed E-state index contributed by atoms with van der Waals surface area (Å²) in [7, 11) is 0. The number of carbonyl (C=O) groups is 1. The Bertz CT molecular complexity index is 510. The smallest absolute Gasteiger partial charge is 0.316 e. The van der Waals surface area contributed by atoms with Crippen molar-refractivity contribution in [3.63, 3.8) is 0 Å². The summed E-state index contributed by atoms with van der Waals surface area (Å²) in [5.41, 5.74) is 0.541. The Hall–Kier alpha value is -1.26. The standard InChI is InChI=1S/C13H15Cl2N3O/c1-8(2)6-17-7-12(16)18(13(17)19)11-4-9(14)3-10(15)5-11/h3-5,8,16H,6-7H2,1-2H3. The zero-order valence-electron chi connectivity index (χ0n) is 10.8. The van der Waals surface area contributed by atoms with Crippen LogP contribution in [0.1, 0.15) is 13.8 Å². The molecule has 1 saturated heterocycles. The van der Waals surface area contributed by atoms with Crippen LogP contribution in [0.15, 0.2) is 18.2 Å². The van der Waals surface area contributed by atoms with Gasteiger partial charge in [-0.3, -0.25) is 5.41 Å². The minimum atomic E-state index is -0.197. The summed E-state index contributed by atoms with van der Waals surface area (Å²) in [5, 5.41) is 8.87. The van der Waals surface area contributed by atoms with Gasteiger partial charge < -0.3 is 4.90 Å². The van der Waals surface area contributed by atoms with Crippen LogP contribution in [0.4, 0.5) is 10.5 Å². The van der Waals surface area contributed by atoms with E-state index in [1.165, 1.54) is 4.90 Å². The van der Waals surface area contributed by atoms with Gasteiger partial charge in [0.1, 0.15) is 5.84 Å². The van der Waals surface area contributed by atoms with Gasteiger partial charge in [-0.2, -0.15) is 0 Å². The molecule has 2 amide bonds. The van der Waals surface area contributed by atoms with Crippen molar-refractivity contribution in [1.82, 2.24) is 4.90 Å². The molecule has 0 unspecified atom stereocenters. The molecule has 0 atom stereocenters. The molecule has 1 aliphatic heterocycles. The third-order valence-corrected chi connectivity index (χ3v) is 3.20. The Kier molecular flexibility index (Phi) is 4.02. The monoisotopic (exact) mass is 299 g/mol. The van der Waals surface area contributed by atoms with Crippen LogP contribution in [0.2, 0.25) is 10.0 Å². The molecule has 1 aromatic carbocycles. The molecule has 0 bridgehead atoms. The van der Waals surface area contributed by atoms with Crippen molar-refractivity contribution < 1.29 is 4.79 Å². The van der Waals surface area contributed by atoms with Gasteiger partial charge in [0.2, 0.25) is 0 Å². The van der Waals surface area contributed by atoms with Crippen LogP contribution in [-0.2, 0) is 0 Å². The first-order valence-electron chi connectivity index (χ1n) is 6.01. The summed E-state index contributed by atoms with van der Waals surface area (Å²) in [5.74, 6) is 0.601. The third-order valence-electron chi connectivity index (χ3n) is 2.76. The van der Waals surface area contributed by atoms with Gasteiger partial charge in [-0.1, -0.05) is 37.0 Å². The van der Waals surface area contributed by atoms with Crippen LogP contribution in [0.5, 0.6) is 0 Å². The lowest BCUT2D eigenvalue weighted by molar-refractivity contribution is 0.215. The number of nitrogens with one attached hydrogen (secondary N) is 1. The number of nitrogens with zero attached hydrogens (tertiary/aromatic N) is 2. The van der Waals surface area contributed by atoms with E-state index in [2.05, 4.69) is 0 Å². The zero-order valence-corrected chi connectivity index (χ0v) is 12.3. The number of halogens is 2. The number of amides is 2. The molecule has 0 aromatic heterocycles. The number of hydrogen-bond acceptors (Lipinski definition) is 2. The predicted octanol–water partition coefficient (Wildman–Crippen LogP) is 3.87. The number of anilines is 1. The molecule has 0 spiro atoms. The normalized spacial score (nSPS) is 15.8. The first-order valence-corrected chi connectivity index (χ1v) is 6.76. The van der Waals surface area contributed by atoms with Gasteiger partial charge in [0.05, 0.1) is 12.2 Å². The van der Waals surface area contributed by atoms with E-state index in [9.17, 15) is 4.79 Å². The van der Waals surface area contributed by atoms with Crippen LogP contribution in [0.25, 0.3) is 0 Å². The van der Waals surface area contributed by atoms with E-state index in [0.717, 1.165) is 0 Å². The molecule has 0 aliphatic carbocycles. The molecule has 19 heavy (non-hydrogen) atoms. The highest BCUT2D eigenvalue weighted by Crippen LogP contribution is 2.28. The summed E-state index contributed by atoms with van der Waals surface area (Å²) < 4.78 is 0. The topological polar surface area (TPSA) is 47.4 Å². The van der Waals surface area contributed by atoms with Crippen molar-refractivity contribution >= 4 is 40.8 Å².